The molecule has 1 aliphatic heterocycles. The van der Waals surface area contributed by atoms with E-state index in [4.69, 9.17) is 0 Å². The van der Waals surface area contributed by atoms with Gasteiger partial charge in [-0.15, -0.1) is 12.4 Å². The second kappa shape index (κ2) is 5.71. The van der Waals surface area contributed by atoms with Gasteiger partial charge in [0.2, 0.25) is 0 Å². The number of benzene rings is 1. The van der Waals surface area contributed by atoms with Crippen LogP contribution in [0.1, 0.15) is 11.6 Å². The molecule has 0 saturated carbocycles. The van der Waals surface area contributed by atoms with E-state index in [2.05, 4.69) is 10.1 Å². The highest BCUT2D eigenvalue weighted by Gasteiger charge is 2.33. The lowest BCUT2D eigenvalue weighted by Gasteiger charge is -2.14. The number of carbonyl (C=O) groups is 1. The minimum absolute atomic E-state index is 0. The van der Waals surface area contributed by atoms with Gasteiger partial charge in [0.05, 0.1) is 6.04 Å². The van der Waals surface area contributed by atoms with Crippen molar-refractivity contribution in [2.75, 3.05) is 6.61 Å². The molecule has 0 bridgehead atoms. The summed E-state index contributed by atoms with van der Waals surface area (Å²) in [6.45, 7) is 0.0499. The molecule has 1 atom stereocenters. The van der Waals surface area contributed by atoms with E-state index in [-0.39, 0.29) is 35.7 Å². The largest absolute Gasteiger partial charge is 0.447 e. The maximum absolute atomic E-state index is 12.3. The van der Waals surface area contributed by atoms with E-state index >= 15 is 0 Å². The van der Waals surface area contributed by atoms with Crippen LogP contribution in [-0.2, 0) is 4.74 Å². The monoisotopic (exact) mass is 299 g/mol. The van der Waals surface area contributed by atoms with Gasteiger partial charge in [0.15, 0.2) is 0 Å². The van der Waals surface area contributed by atoms with Crippen LogP contribution >= 0.6 is 24.2 Å². The van der Waals surface area contributed by atoms with Gasteiger partial charge in [0.1, 0.15) is 6.61 Å². The number of amides is 1. The summed E-state index contributed by atoms with van der Waals surface area (Å²) in [5, 5.41) is 2.45. The van der Waals surface area contributed by atoms with Crippen molar-refractivity contribution < 1.29 is 22.7 Å². The van der Waals surface area contributed by atoms with Crippen LogP contribution in [0.5, 0.6) is 0 Å². The molecule has 1 fully saturated rings. The molecule has 3 nitrogen and oxygen atoms in total. The highest BCUT2D eigenvalue weighted by molar-refractivity contribution is 8.00. The van der Waals surface area contributed by atoms with Crippen molar-refractivity contribution in [3.8, 4) is 0 Å². The summed E-state index contributed by atoms with van der Waals surface area (Å²) in [7, 11) is 0. The fraction of sp³-hybridized carbons (Fsp3) is 0.300. The Bertz CT molecular complexity index is 441. The summed E-state index contributed by atoms with van der Waals surface area (Å²) in [4.78, 5) is 10.9. The third-order valence-electron chi connectivity index (χ3n) is 2.19. The fourth-order valence-electron chi connectivity index (χ4n) is 1.54. The maximum Gasteiger partial charge on any atom is 0.446 e. The summed E-state index contributed by atoms with van der Waals surface area (Å²) in [5.41, 5.74) is -3.93. The predicted octanol–water partition coefficient (Wildman–Crippen LogP) is 3.50. The lowest BCUT2D eigenvalue weighted by atomic mass is 10.1. The fourth-order valence-corrected chi connectivity index (χ4v) is 2.26. The van der Waals surface area contributed by atoms with Crippen LogP contribution in [0.3, 0.4) is 0 Å². The zero-order valence-corrected chi connectivity index (χ0v) is 10.5. The second-order valence-corrected chi connectivity index (χ2v) is 4.49. The Hall–Kier alpha value is -1.08. The average Bonchev–Trinajstić information content (AvgIpc) is 2.63. The van der Waals surface area contributed by atoms with Gasteiger partial charge in [0, 0.05) is 4.90 Å². The van der Waals surface area contributed by atoms with Crippen LogP contribution in [0.25, 0.3) is 0 Å². The minimum Gasteiger partial charge on any atom is -0.447 e. The Morgan fingerprint density at radius 2 is 2.00 bits per heavy atom. The van der Waals surface area contributed by atoms with E-state index in [1.807, 2.05) is 0 Å². The molecular formula is C10H9ClF3NO2S. The van der Waals surface area contributed by atoms with Gasteiger partial charge in [-0.2, -0.15) is 13.2 Å². The molecule has 0 aromatic heterocycles. The molecule has 0 spiro atoms. The van der Waals surface area contributed by atoms with Gasteiger partial charge in [-0.3, -0.25) is 0 Å². The number of halogens is 4. The van der Waals surface area contributed by atoms with Crippen molar-refractivity contribution in [3.63, 3.8) is 0 Å². The first-order valence-corrected chi connectivity index (χ1v) is 5.55. The lowest BCUT2D eigenvalue weighted by Crippen LogP contribution is -2.19. The van der Waals surface area contributed by atoms with Crippen LogP contribution in [-0.4, -0.2) is 18.2 Å². The number of hydrogen-bond acceptors (Lipinski definition) is 3. The summed E-state index contributed by atoms with van der Waals surface area (Å²) < 4.78 is 41.7. The van der Waals surface area contributed by atoms with Crippen LogP contribution < -0.4 is 5.32 Å². The smallest absolute Gasteiger partial charge is 0.446 e. The number of cyclic esters (lactones) is 1. The number of hydrogen-bond donors (Lipinski definition) is 1. The molecule has 1 aliphatic rings. The maximum atomic E-state index is 12.3. The number of alkyl halides is 3. The zero-order chi connectivity index (χ0) is 12.5. The second-order valence-electron chi connectivity index (χ2n) is 3.38. The Kier molecular flexibility index (Phi) is 4.75. The molecule has 1 saturated heterocycles. The van der Waals surface area contributed by atoms with Crippen molar-refractivity contribution in [1.29, 1.82) is 0 Å². The van der Waals surface area contributed by atoms with Crippen molar-refractivity contribution in [1.82, 2.24) is 5.32 Å². The molecule has 100 valence electrons. The van der Waals surface area contributed by atoms with Gasteiger partial charge in [-0.1, -0.05) is 18.2 Å². The molecule has 1 aromatic carbocycles. The molecule has 8 heteroatoms. The van der Waals surface area contributed by atoms with Crippen molar-refractivity contribution >= 4 is 30.3 Å². The zero-order valence-electron chi connectivity index (χ0n) is 8.86. The SMILES string of the molecule is Cl.O=C1N[C@H](c2ccccc2SC(F)(F)F)CO1. The molecule has 1 amide bonds. The first kappa shape index (κ1) is 15.0. The molecule has 1 N–H and O–H groups in total. The molecule has 0 radical (unpaired) electrons. The van der Waals surface area contributed by atoms with Crippen molar-refractivity contribution in [2.45, 2.75) is 16.4 Å². The molecule has 0 unspecified atom stereocenters. The summed E-state index contributed by atoms with van der Waals surface area (Å²) in [6.07, 6.45) is -0.609. The molecule has 0 aliphatic carbocycles. The van der Waals surface area contributed by atoms with E-state index in [0.717, 1.165) is 0 Å². The lowest BCUT2D eigenvalue weighted by molar-refractivity contribution is -0.0328. The highest BCUT2D eigenvalue weighted by atomic mass is 35.5. The number of thioether (sulfide) groups is 1. The van der Waals surface area contributed by atoms with Crippen LogP contribution in [0.4, 0.5) is 18.0 Å². The number of alkyl carbamates (subject to hydrolysis) is 1. The highest BCUT2D eigenvalue weighted by Crippen LogP contribution is 2.40. The molecule has 1 aromatic rings. The average molecular weight is 300 g/mol. The summed E-state index contributed by atoms with van der Waals surface area (Å²) in [6, 6.07) is 5.55. The third kappa shape index (κ3) is 3.71. The van der Waals surface area contributed by atoms with Gasteiger partial charge in [0.25, 0.3) is 0 Å². The Labute approximate surface area is 111 Å². The Morgan fingerprint density at radius 1 is 1.33 bits per heavy atom. The standard InChI is InChI=1S/C10H8F3NO2S.ClH/c11-10(12,13)17-8-4-2-1-3-6(8)7-5-16-9(15)14-7;/h1-4,7H,5H2,(H,14,15);1H/t7-;/m0./s1. The van der Waals surface area contributed by atoms with Crippen LogP contribution in [0.2, 0.25) is 0 Å². The van der Waals surface area contributed by atoms with E-state index in [1.54, 1.807) is 12.1 Å². The van der Waals surface area contributed by atoms with E-state index < -0.39 is 17.6 Å². The molecule has 2 rings (SSSR count). The van der Waals surface area contributed by atoms with E-state index in [0.29, 0.717) is 5.56 Å². The Balaban J connectivity index is 0.00000162. The van der Waals surface area contributed by atoms with E-state index in [1.165, 1.54) is 12.1 Å². The third-order valence-corrected chi connectivity index (χ3v) is 3.02. The van der Waals surface area contributed by atoms with Gasteiger partial charge >= 0.3 is 11.6 Å². The number of carbonyl (C=O) groups excluding carboxylic acids is 1. The quantitative estimate of drug-likeness (QED) is 0.849. The first-order chi connectivity index (χ1) is 7.96. The molecule has 1 heterocycles. The van der Waals surface area contributed by atoms with Crippen molar-refractivity contribution in [2.24, 2.45) is 0 Å². The number of rotatable bonds is 2. The topological polar surface area (TPSA) is 38.3 Å². The first-order valence-electron chi connectivity index (χ1n) is 4.74. The van der Waals surface area contributed by atoms with Gasteiger partial charge in [-0.25, -0.2) is 4.79 Å². The van der Waals surface area contributed by atoms with Crippen LogP contribution in [0.15, 0.2) is 29.2 Å². The normalized spacial score (nSPS) is 18.8. The molecular weight excluding hydrogens is 291 g/mol. The van der Waals surface area contributed by atoms with E-state index in [9.17, 15) is 18.0 Å². The Morgan fingerprint density at radius 3 is 2.56 bits per heavy atom. The van der Waals surface area contributed by atoms with Gasteiger partial charge in [-0.05, 0) is 23.4 Å². The molecule has 18 heavy (non-hydrogen) atoms. The van der Waals surface area contributed by atoms with Gasteiger partial charge < -0.3 is 10.1 Å². The van der Waals surface area contributed by atoms with Crippen LogP contribution in [0, 0.1) is 0 Å². The van der Waals surface area contributed by atoms with Crippen molar-refractivity contribution in [3.05, 3.63) is 29.8 Å². The summed E-state index contributed by atoms with van der Waals surface area (Å²) >= 11 is -0.191. The number of nitrogens with one attached hydrogen (secondary N) is 1. The summed E-state index contributed by atoms with van der Waals surface area (Å²) in [5.74, 6) is 0. The minimum atomic E-state index is -4.35. The predicted molar refractivity (Wildman–Crippen MR) is 62.8 cm³/mol. The number of ether oxygens (including phenoxy) is 1.